The van der Waals surface area contributed by atoms with E-state index >= 15 is 0 Å². The standard InChI is InChI=1S/C21H26N6O2/c1-11(2)27-13-7-8-14(28)16-18(25-29-19(16)12-5-6-12)15(13)17-20(24-10-26(3)4)22-9-23-21(17)27/h9-12,14,28H,5-8H2,1-4H3. The third-order valence-electron chi connectivity index (χ3n) is 5.72. The summed E-state index contributed by atoms with van der Waals surface area (Å²) in [5.74, 6) is 1.84. The summed E-state index contributed by atoms with van der Waals surface area (Å²) in [6, 6.07) is 0.204. The van der Waals surface area contributed by atoms with Gasteiger partial charge in [0.1, 0.15) is 23.4 Å². The van der Waals surface area contributed by atoms with E-state index < -0.39 is 6.10 Å². The van der Waals surface area contributed by atoms with E-state index in [1.54, 1.807) is 12.7 Å². The van der Waals surface area contributed by atoms with Crippen molar-refractivity contribution >= 4 is 23.2 Å². The zero-order valence-corrected chi connectivity index (χ0v) is 17.3. The predicted octanol–water partition coefficient (Wildman–Crippen LogP) is 3.75. The van der Waals surface area contributed by atoms with Gasteiger partial charge in [-0.1, -0.05) is 5.16 Å². The third-order valence-corrected chi connectivity index (χ3v) is 5.72. The normalized spacial score (nSPS) is 19.0. The molecule has 3 aromatic heterocycles. The maximum atomic E-state index is 10.9. The highest BCUT2D eigenvalue weighted by Gasteiger charge is 2.39. The van der Waals surface area contributed by atoms with Gasteiger partial charge in [-0.25, -0.2) is 15.0 Å². The summed E-state index contributed by atoms with van der Waals surface area (Å²) in [4.78, 5) is 15.6. The molecule has 8 heteroatoms. The van der Waals surface area contributed by atoms with Gasteiger partial charge in [0.15, 0.2) is 5.82 Å². The van der Waals surface area contributed by atoms with Gasteiger partial charge in [0.05, 0.1) is 23.4 Å². The minimum absolute atomic E-state index is 0.204. The van der Waals surface area contributed by atoms with Gasteiger partial charge in [0, 0.05) is 37.3 Å². The lowest BCUT2D eigenvalue weighted by Crippen LogP contribution is -2.08. The Morgan fingerprint density at radius 2 is 2.07 bits per heavy atom. The molecule has 3 heterocycles. The Morgan fingerprint density at radius 3 is 2.76 bits per heavy atom. The summed E-state index contributed by atoms with van der Waals surface area (Å²) in [6.07, 6.45) is 6.29. The fourth-order valence-electron chi connectivity index (χ4n) is 4.36. The van der Waals surface area contributed by atoms with Crippen molar-refractivity contribution in [1.82, 2.24) is 24.6 Å². The number of rotatable bonds is 4. The molecule has 1 fully saturated rings. The van der Waals surface area contributed by atoms with E-state index in [0.717, 1.165) is 58.6 Å². The molecule has 29 heavy (non-hydrogen) atoms. The maximum Gasteiger partial charge on any atom is 0.167 e. The lowest BCUT2D eigenvalue weighted by Gasteiger charge is -2.14. The minimum Gasteiger partial charge on any atom is -0.388 e. The van der Waals surface area contributed by atoms with Gasteiger partial charge < -0.3 is 19.1 Å². The summed E-state index contributed by atoms with van der Waals surface area (Å²) in [5, 5.41) is 16.3. The van der Waals surface area contributed by atoms with Crippen molar-refractivity contribution in [1.29, 1.82) is 0 Å². The molecule has 2 aliphatic carbocycles. The SMILES string of the molecule is CC(C)n1c2c(c3c(N=CN(C)C)ncnc31)-c1noc(C3CC3)c1C(O)CC2. The topological polar surface area (TPSA) is 92.6 Å². The smallest absolute Gasteiger partial charge is 0.167 e. The molecular weight excluding hydrogens is 368 g/mol. The van der Waals surface area contributed by atoms with Crippen LogP contribution in [0.3, 0.4) is 0 Å². The number of aliphatic hydroxyl groups is 1. The van der Waals surface area contributed by atoms with Crippen LogP contribution < -0.4 is 0 Å². The second-order valence-corrected chi connectivity index (χ2v) is 8.53. The van der Waals surface area contributed by atoms with Gasteiger partial charge in [-0.05, 0) is 39.5 Å². The lowest BCUT2D eigenvalue weighted by atomic mass is 10.0. The predicted molar refractivity (Wildman–Crippen MR) is 111 cm³/mol. The molecular formula is C21H26N6O2. The molecule has 2 aliphatic rings. The first-order chi connectivity index (χ1) is 14.0. The van der Waals surface area contributed by atoms with Crippen molar-refractivity contribution in [3.8, 4) is 11.3 Å². The monoisotopic (exact) mass is 394 g/mol. The highest BCUT2D eigenvalue weighted by molar-refractivity contribution is 6.03. The van der Waals surface area contributed by atoms with Crippen molar-refractivity contribution in [2.75, 3.05) is 14.1 Å². The van der Waals surface area contributed by atoms with Crippen molar-refractivity contribution in [2.24, 2.45) is 4.99 Å². The number of aliphatic hydroxyl groups excluding tert-OH is 1. The number of hydrogen-bond acceptors (Lipinski definition) is 6. The van der Waals surface area contributed by atoms with E-state index in [9.17, 15) is 5.11 Å². The van der Waals surface area contributed by atoms with Crippen LogP contribution in [-0.2, 0) is 6.42 Å². The summed E-state index contributed by atoms with van der Waals surface area (Å²) in [6.45, 7) is 4.29. The molecule has 5 rings (SSSR count). The van der Waals surface area contributed by atoms with Crippen molar-refractivity contribution in [2.45, 2.75) is 57.6 Å². The summed E-state index contributed by atoms with van der Waals surface area (Å²) in [7, 11) is 3.85. The molecule has 0 spiro atoms. The molecule has 0 aromatic carbocycles. The Balaban J connectivity index is 1.85. The van der Waals surface area contributed by atoms with Gasteiger partial charge in [-0.15, -0.1) is 0 Å². The van der Waals surface area contributed by atoms with E-state index in [0.29, 0.717) is 18.2 Å². The average Bonchev–Trinajstić information content (AvgIpc) is 3.37. The number of hydrogen-bond donors (Lipinski definition) is 1. The highest BCUT2D eigenvalue weighted by atomic mass is 16.5. The van der Waals surface area contributed by atoms with E-state index in [1.807, 2.05) is 19.0 Å². The van der Waals surface area contributed by atoms with Gasteiger partial charge in [-0.2, -0.15) is 0 Å². The van der Waals surface area contributed by atoms with Crippen LogP contribution in [0.1, 0.15) is 68.2 Å². The van der Waals surface area contributed by atoms with Crippen LogP contribution in [-0.4, -0.2) is 50.1 Å². The summed E-state index contributed by atoms with van der Waals surface area (Å²) < 4.78 is 8.00. The van der Waals surface area contributed by atoms with Crippen molar-refractivity contribution in [3.63, 3.8) is 0 Å². The van der Waals surface area contributed by atoms with Crippen LogP contribution in [0, 0.1) is 0 Å². The second kappa shape index (κ2) is 6.66. The van der Waals surface area contributed by atoms with Crippen molar-refractivity contribution in [3.05, 3.63) is 23.3 Å². The van der Waals surface area contributed by atoms with Crippen LogP contribution in [0.4, 0.5) is 5.82 Å². The molecule has 0 aliphatic heterocycles. The van der Waals surface area contributed by atoms with Gasteiger partial charge >= 0.3 is 0 Å². The van der Waals surface area contributed by atoms with Crippen LogP contribution in [0.5, 0.6) is 0 Å². The summed E-state index contributed by atoms with van der Waals surface area (Å²) in [5.41, 5.74) is 4.50. The van der Waals surface area contributed by atoms with Gasteiger partial charge in [-0.3, -0.25) is 0 Å². The van der Waals surface area contributed by atoms with E-state index in [1.165, 1.54) is 0 Å². The van der Waals surface area contributed by atoms with Gasteiger partial charge in [0.2, 0.25) is 0 Å². The number of fused-ring (bicyclic) bond motifs is 5. The zero-order chi connectivity index (χ0) is 20.3. The average molecular weight is 394 g/mol. The van der Waals surface area contributed by atoms with E-state index in [-0.39, 0.29) is 6.04 Å². The molecule has 1 atom stereocenters. The Kier molecular flexibility index (Phi) is 4.20. The van der Waals surface area contributed by atoms with Crippen LogP contribution in [0.25, 0.3) is 22.3 Å². The van der Waals surface area contributed by atoms with Crippen LogP contribution >= 0.6 is 0 Å². The first-order valence-corrected chi connectivity index (χ1v) is 10.2. The molecule has 1 N–H and O–H groups in total. The number of aromatic nitrogens is 4. The quantitative estimate of drug-likeness (QED) is 0.535. The minimum atomic E-state index is -0.576. The largest absolute Gasteiger partial charge is 0.388 e. The zero-order valence-electron chi connectivity index (χ0n) is 17.3. The van der Waals surface area contributed by atoms with E-state index in [2.05, 4.69) is 38.5 Å². The molecule has 3 aromatic rings. The van der Waals surface area contributed by atoms with Crippen molar-refractivity contribution < 1.29 is 9.63 Å². The third kappa shape index (κ3) is 2.85. The highest BCUT2D eigenvalue weighted by Crippen LogP contribution is 2.50. The molecule has 0 radical (unpaired) electrons. The Bertz CT molecular complexity index is 1110. The molecule has 1 unspecified atom stereocenters. The fourth-order valence-corrected chi connectivity index (χ4v) is 4.36. The van der Waals surface area contributed by atoms with E-state index in [4.69, 9.17) is 4.52 Å². The molecule has 0 saturated heterocycles. The number of nitrogens with zero attached hydrogens (tertiary/aromatic N) is 6. The molecule has 1 saturated carbocycles. The Morgan fingerprint density at radius 1 is 1.28 bits per heavy atom. The first-order valence-electron chi connectivity index (χ1n) is 10.2. The molecule has 152 valence electrons. The van der Waals surface area contributed by atoms with Crippen LogP contribution in [0.2, 0.25) is 0 Å². The van der Waals surface area contributed by atoms with Gasteiger partial charge in [0.25, 0.3) is 0 Å². The number of aliphatic imine (C=N–C) groups is 1. The summed E-state index contributed by atoms with van der Waals surface area (Å²) >= 11 is 0. The Hall–Kier alpha value is -2.74. The first kappa shape index (κ1) is 18.3. The molecule has 8 nitrogen and oxygen atoms in total. The lowest BCUT2D eigenvalue weighted by molar-refractivity contribution is 0.165. The maximum absolute atomic E-state index is 10.9. The van der Waals surface area contributed by atoms with Crippen LogP contribution in [0.15, 0.2) is 15.8 Å². The molecule has 0 bridgehead atoms. The fraction of sp³-hybridized carbons (Fsp3) is 0.524. The Labute approximate surface area is 169 Å². The second-order valence-electron chi connectivity index (χ2n) is 8.53. The molecule has 0 amide bonds.